The van der Waals surface area contributed by atoms with Crippen molar-refractivity contribution < 1.29 is 19.4 Å². The Hall–Kier alpha value is -1.10. The molecule has 0 radical (unpaired) electrons. The molecule has 5 nitrogen and oxygen atoms in total. The van der Waals surface area contributed by atoms with E-state index in [2.05, 4.69) is 0 Å². The molecule has 2 atom stereocenters. The zero-order valence-electron chi connectivity index (χ0n) is 11.2. The Morgan fingerprint density at radius 3 is 2.78 bits per heavy atom. The van der Waals surface area contributed by atoms with Crippen LogP contribution in [0.2, 0.25) is 0 Å². The van der Waals surface area contributed by atoms with E-state index in [4.69, 9.17) is 9.84 Å². The third-order valence-electron chi connectivity index (χ3n) is 3.44. The maximum absolute atomic E-state index is 12.2. The van der Waals surface area contributed by atoms with Gasteiger partial charge >= 0.3 is 5.97 Å². The number of carboxylic acids is 1. The van der Waals surface area contributed by atoms with E-state index < -0.39 is 5.97 Å². The number of carboxylic acid groups (broad SMARTS) is 1. The first kappa shape index (κ1) is 15.0. The molecule has 0 unspecified atom stereocenters. The van der Waals surface area contributed by atoms with Gasteiger partial charge in [-0.05, 0) is 25.7 Å². The van der Waals surface area contributed by atoms with Crippen LogP contribution in [0.25, 0.3) is 0 Å². The van der Waals surface area contributed by atoms with Crippen LogP contribution < -0.4 is 0 Å². The predicted molar refractivity (Wildman–Crippen MR) is 67.3 cm³/mol. The van der Waals surface area contributed by atoms with Crippen LogP contribution in [0.3, 0.4) is 0 Å². The molecule has 0 aromatic carbocycles. The molecule has 0 aromatic heterocycles. The molecule has 1 aliphatic heterocycles. The number of hydrogen-bond donors (Lipinski definition) is 1. The molecule has 0 aromatic rings. The number of rotatable bonds is 6. The quantitative estimate of drug-likeness (QED) is 0.783. The van der Waals surface area contributed by atoms with Crippen molar-refractivity contribution in [2.75, 3.05) is 20.3 Å². The monoisotopic (exact) mass is 257 g/mol. The minimum atomic E-state index is -0.794. The van der Waals surface area contributed by atoms with Crippen molar-refractivity contribution in [1.82, 2.24) is 4.90 Å². The van der Waals surface area contributed by atoms with Gasteiger partial charge in [-0.3, -0.25) is 9.59 Å². The van der Waals surface area contributed by atoms with Gasteiger partial charge in [-0.25, -0.2) is 0 Å². The Bertz CT molecular complexity index is 293. The molecular formula is C13H23NO4. The molecule has 104 valence electrons. The third-order valence-corrected chi connectivity index (χ3v) is 3.44. The van der Waals surface area contributed by atoms with E-state index >= 15 is 0 Å². The Balaban J connectivity index is 2.57. The number of ether oxygens (including phenoxy) is 1. The molecule has 1 amide bonds. The van der Waals surface area contributed by atoms with E-state index in [1.807, 2.05) is 11.8 Å². The van der Waals surface area contributed by atoms with Crippen molar-refractivity contribution in [3.63, 3.8) is 0 Å². The SMILES string of the molecule is COC[C@H](C)C(=O)N1CCCC[C@@H]1CCC(=O)O. The zero-order chi connectivity index (χ0) is 13.5. The van der Waals surface area contributed by atoms with Gasteiger partial charge in [0.1, 0.15) is 0 Å². The summed E-state index contributed by atoms with van der Waals surface area (Å²) in [7, 11) is 1.59. The number of likely N-dealkylation sites (tertiary alicyclic amines) is 1. The molecule has 0 spiro atoms. The van der Waals surface area contributed by atoms with Crippen LogP contribution in [0.4, 0.5) is 0 Å². The van der Waals surface area contributed by atoms with Crippen molar-refractivity contribution in [3.05, 3.63) is 0 Å². The van der Waals surface area contributed by atoms with E-state index in [9.17, 15) is 9.59 Å². The van der Waals surface area contributed by atoms with Crippen molar-refractivity contribution in [1.29, 1.82) is 0 Å². The highest BCUT2D eigenvalue weighted by Crippen LogP contribution is 2.22. The Kier molecular flexibility index (Phi) is 6.12. The third kappa shape index (κ3) is 4.29. The molecule has 1 aliphatic rings. The molecule has 1 heterocycles. The summed E-state index contributed by atoms with van der Waals surface area (Å²) < 4.78 is 5.01. The summed E-state index contributed by atoms with van der Waals surface area (Å²) in [6.07, 6.45) is 3.69. The average molecular weight is 257 g/mol. The van der Waals surface area contributed by atoms with Crippen LogP contribution in [0, 0.1) is 5.92 Å². The largest absolute Gasteiger partial charge is 0.481 e. The van der Waals surface area contributed by atoms with Gasteiger partial charge in [0.15, 0.2) is 0 Å². The highest BCUT2D eigenvalue weighted by atomic mass is 16.5. The van der Waals surface area contributed by atoms with E-state index in [1.54, 1.807) is 7.11 Å². The van der Waals surface area contributed by atoms with Gasteiger partial charge in [-0.15, -0.1) is 0 Å². The molecule has 1 saturated heterocycles. The Labute approximate surface area is 108 Å². The fraction of sp³-hybridized carbons (Fsp3) is 0.846. The second-order valence-corrected chi connectivity index (χ2v) is 4.97. The standard InChI is InChI=1S/C13H23NO4/c1-10(9-18-2)13(17)14-8-4-3-5-11(14)6-7-12(15)16/h10-11H,3-9H2,1-2H3,(H,15,16)/t10-,11+/m0/s1. The lowest BCUT2D eigenvalue weighted by atomic mass is 9.96. The lowest BCUT2D eigenvalue weighted by molar-refractivity contribution is -0.143. The summed E-state index contributed by atoms with van der Waals surface area (Å²) in [6, 6.07) is 0.0849. The summed E-state index contributed by atoms with van der Waals surface area (Å²) in [5.74, 6) is -0.856. The topological polar surface area (TPSA) is 66.8 Å². The first-order valence-electron chi connectivity index (χ1n) is 6.57. The summed E-state index contributed by atoms with van der Waals surface area (Å²) in [4.78, 5) is 24.7. The Morgan fingerprint density at radius 1 is 1.44 bits per heavy atom. The summed E-state index contributed by atoms with van der Waals surface area (Å²) in [5, 5.41) is 8.74. The highest BCUT2D eigenvalue weighted by molar-refractivity contribution is 5.79. The maximum Gasteiger partial charge on any atom is 0.303 e. The number of hydrogen-bond acceptors (Lipinski definition) is 3. The molecule has 5 heteroatoms. The van der Waals surface area contributed by atoms with Crippen LogP contribution in [-0.4, -0.2) is 48.2 Å². The smallest absolute Gasteiger partial charge is 0.303 e. The van der Waals surface area contributed by atoms with E-state index in [0.717, 1.165) is 25.8 Å². The number of nitrogens with zero attached hydrogens (tertiary/aromatic N) is 1. The second kappa shape index (κ2) is 7.36. The lowest BCUT2D eigenvalue weighted by Gasteiger charge is -2.37. The van der Waals surface area contributed by atoms with Crippen molar-refractivity contribution in [2.24, 2.45) is 5.92 Å². The van der Waals surface area contributed by atoms with Gasteiger partial charge in [-0.1, -0.05) is 6.92 Å². The molecule has 18 heavy (non-hydrogen) atoms. The van der Waals surface area contributed by atoms with Gasteiger partial charge in [0, 0.05) is 26.1 Å². The van der Waals surface area contributed by atoms with E-state index in [1.165, 1.54) is 0 Å². The maximum atomic E-state index is 12.2. The van der Waals surface area contributed by atoms with Crippen molar-refractivity contribution >= 4 is 11.9 Å². The first-order chi connectivity index (χ1) is 8.56. The number of piperidine rings is 1. The van der Waals surface area contributed by atoms with E-state index in [-0.39, 0.29) is 24.3 Å². The van der Waals surface area contributed by atoms with Crippen molar-refractivity contribution in [3.8, 4) is 0 Å². The molecular weight excluding hydrogens is 234 g/mol. The minimum absolute atomic E-state index is 0.0849. The Morgan fingerprint density at radius 2 is 2.17 bits per heavy atom. The number of amides is 1. The molecule has 0 bridgehead atoms. The van der Waals surface area contributed by atoms with Gasteiger partial charge in [0.25, 0.3) is 0 Å². The summed E-state index contributed by atoms with van der Waals surface area (Å²) >= 11 is 0. The van der Waals surface area contributed by atoms with Crippen LogP contribution in [0.5, 0.6) is 0 Å². The number of carbonyl (C=O) groups is 2. The summed E-state index contributed by atoms with van der Waals surface area (Å²) in [6.45, 7) is 3.02. The number of aliphatic carboxylic acids is 1. The first-order valence-corrected chi connectivity index (χ1v) is 6.57. The summed E-state index contributed by atoms with van der Waals surface area (Å²) in [5.41, 5.74) is 0. The molecule has 1 N–H and O–H groups in total. The lowest BCUT2D eigenvalue weighted by Crippen LogP contribution is -2.46. The predicted octanol–water partition coefficient (Wildman–Crippen LogP) is 1.51. The van der Waals surface area contributed by atoms with E-state index in [0.29, 0.717) is 13.0 Å². The zero-order valence-corrected chi connectivity index (χ0v) is 11.2. The van der Waals surface area contributed by atoms with Crippen LogP contribution in [-0.2, 0) is 14.3 Å². The minimum Gasteiger partial charge on any atom is -0.481 e. The number of methoxy groups -OCH3 is 1. The van der Waals surface area contributed by atoms with Gasteiger partial charge in [0.2, 0.25) is 5.91 Å². The van der Waals surface area contributed by atoms with Crippen molar-refractivity contribution in [2.45, 2.75) is 45.1 Å². The van der Waals surface area contributed by atoms with Gasteiger partial charge in [0.05, 0.1) is 12.5 Å². The van der Waals surface area contributed by atoms with Gasteiger partial charge in [-0.2, -0.15) is 0 Å². The van der Waals surface area contributed by atoms with Crippen LogP contribution in [0.15, 0.2) is 0 Å². The van der Waals surface area contributed by atoms with Gasteiger partial charge < -0.3 is 14.7 Å². The normalized spacial score (nSPS) is 21.7. The highest BCUT2D eigenvalue weighted by Gasteiger charge is 2.29. The van der Waals surface area contributed by atoms with Crippen LogP contribution >= 0.6 is 0 Å². The van der Waals surface area contributed by atoms with Crippen LogP contribution in [0.1, 0.15) is 39.0 Å². The molecule has 0 saturated carbocycles. The fourth-order valence-electron chi connectivity index (χ4n) is 2.49. The molecule has 1 rings (SSSR count). The molecule has 0 aliphatic carbocycles. The second-order valence-electron chi connectivity index (χ2n) is 4.97. The average Bonchev–Trinajstić information content (AvgIpc) is 2.36. The number of carbonyl (C=O) groups excluding carboxylic acids is 1. The molecule has 1 fully saturated rings. The fourth-order valence-corrected chi connectivity index (χ4v) is 2.49.